The first kappa shape index (κ1) is 30.2. The highest BCUT2D eigenvalue weighted by Gasteiger charge is 2.39. The van der Waals surface area contributed by atoms with Crippen LogP contribution in [0.4, 0.5) is 5.00 Å². The first-order valence-corrected chi connectivity index (χ1v) is 15.9. The number of hydrogen-bond acceptors (Lipinski definition) is 10. The monoisotopic (exact) mass is 617 g/mol. The zero-order chi connectivity index (χ0) is 30.3. The highest BCUT2D eigenvalue weighted by Crippen LogP contribution is 2.44. The molecule has 3 heterocycles. The van der Waals surface area contributed by atoms with Crippen molar-refractivity contribution in [2.45, 2.75) is 45.4 Å². The smallest absolute Gasteiger partial charge is 0.341 e. The molecule has 0 bridgehead atoms. The second kappa shape index (κ2) is 13.8. The number of furan rings is 1. The third-order valence-electron chi connectivity index (χ3n) is 7.09. The van der Waals surface area contributed by atoms with Gasteiger partial charge in [-0.3, -0.25) is 4.79 Å². The standard InChI is InChI=1S/C32H31N3O6S2/c1-3-39-31(37)26-20-13-8-9-15-23(20)43-30(26)34-24(36)18-42-29-21(17-33)25(22-14-10-16-41-22)27(32(38)40-4-2)28(35-29)19-11-6-5-7-12-19/h5-7,10-12,14,16,25,35H,3-4,8-9,13,15,18H2,1-2H3,(H,34,36)/t25-/m0/s1. The highest BCUT2D eigenvalue weighted by molar-refractivity contribution is 8.03. The maximum Gasteiger partial charge on any atom is 0.341 e. The number of nitrogens with zero attached hydrogens (tertiary/aromatic N) is 1. The minimum absolute atomic E-state index is 0.0555. The summed E-state index contributed by atoms with van der Waals surface area (Å²) in [5, 5.41) is 17.4. The predicted octanol–water partition coefficient (Wildman–Crippen LogP) is 6.16. The van der Waals surface area contributed by atoms with Crippen molar-refractivity contribution in [3.05, 3.63) is 92.2 Å². The number of carbonyl (C=O) groups excluding carboxylic acids is 3. The van der Waals surface area contributed by atoms with E-state index in [1.807, 2.05) is 30.3 Å². The van der Waals surface area contributed by atoms with E-state index in [2.05, 4.69) is 16.7 Å². The number of amides is 1. The molecule has 0 saturated carbocycles. The van der Waals surface area contributed by atoms with Gasteiger partial charge in [-0.1, -0.05) is 42.1 Å². The molecular formula is C32H31N3O6S2. The van der Waals surface area contributed by atoms with E-state index in [0.717, 1.165) is 47.9 Å². The number of carbonyl (C=O) groups is 3. The van der Waals surface area contributed by atoms with Crippen molar-refractivity contribution in [1.82, 2.24) is 5.32 Å². The first-order chi connectivity index (χ1) is 21.0. The summed E-state index contributed by atoms with van der Waals surface area (Å²) in [6.07, 6.45) is 5.15. The molecule has 0 spiro atoms. The van der Waals surface area contributed by atoms with E-state index in [4.69, 9.17) is 13.9 Å². The molecule has 0 radical (unpaired) electrons. The van der Waals surface area contributed by atoms with Crippen LogP contribution in [0, 0.1) is 11.3 Å². The molecule has 3 aromatic rings. The van der Waals surface area contributed by atoms with Gasteiger partial charge in [-0.25, -0.2) is 9.59 Å². The lowest BCUT2D eigenvalue weighted by Gasteiger charge is -2.29. The van der Waals surface area contributed by atoms with Crippen LogP contribution in [-0.4, -0.2) is 36.8 Å². The first-order valence-electron chi connectivity index (χ1n) is 14.1. The minimum Gasteiger partial charge on any atom is -0.468 e. The van der Waals surface area contributed by atoms with Crippen LogP contribution in [-0.2, 0) is 31.9 Å². The zero-order valence-electron chi connectivity index (χ0n) is 23.9. The Balaban J connectivity index is 1.46. The summed E-state index contributed by atoms with van der Waals surface area (Å²) in [6, 6.07) is 14.9. The normalized spacial score (nSPS) is 16.2. The van der Waals surface area contributed by atoms with E-state index in [0.29, 0.717) is 32.6 Å². The number of anilines is 1. The average Bonchev–Trinajstić information content (AvgIpc) is 3.68. The van der Waals surface area contributed by atoms with Gasteiger partial charge in [-0.05, 0) is 62.8 Å². The Bertz CT molecular complexity index is 1620. The van der Waals surface area contributed by atoms with Gasteiger partial charge < -0.3 is 24.5 Å². The van der Waals surface area contributed by atoms with Gasteiger partial charge in [0.05, 0.1) is 64.7 Å². The molecule has 5 rings (SSSR count). The van der Waals surface area contributed by atoms with Crippen molar-refractivity contribution in [2.75, 3.05) is 24.3 Å². The van der Waals surface area contributed by atoms with E-state index in [1.54, 1.807) is 26.0 Å². The Morgan fingerprint density at radius 1 is 1.07 bits per heavy atom. The van der Waals surface area contributed by atoms with Gasteiger partial charge >= 0.3 is 11.9 Å². The fourth-order valence-electron chi connectivity index (χ4n) is 5.27. The molecule has 0 fully saturated rings. The topological polar surface area (TPSA) is 131 Å². The van der Waals surface area contributed by atoms with Crippen LogP contribution in [0.2, 0.25) is 0 Å². The number of rotatable bonds is 10. The van der Waals surface area contributed by atoms with Crippen LogP contribution in [0.25, 0.3) is 5.70 Å². The Hall–Kier alpha value is -4.27. The Morgan fingerprint density at radius 2 is 1.81 bits per heavy atom. The third kappa shape index (κ3) is 6.40. The lowest BCUT2D eigenvalue weighted by Crippen LogP contribution is -2.29. The fraction of sp³-hybridized carbons (Fsp3) is 0.312. The van der Waals surface area contributed by atoms with Crippen molar-refractivity contribution in [2.24, 2.45) is 0 Å². The number of hydrogen-bond donors (Lipinski definition) is 2. The summed E-state index contributed by atoms with van der Waals surface area (Å²) in [5.41, 5.74) is 3.07. The SMILES string of the molecule is CCOC(=O)C1=C(c2ccccc2)NC(SCC(=O)Nc2sc3c(c2C(=O)OCC)CCCC3)=C(C#N)[C@H]1c1ccco1. The van der Waals surface area contributed by atoms with Crippen LogP contribution in [0.3, 0.4) is 0 Å². The van der Waals surface area contributed by atoms with Gasteiger partial charge in [-0.15, -0.1) is 11.3 Å². The maximum absolute atomic E-state index is 13.3. The number of nitriles is 1. The van der Waals surface area contributed by atoms with Gasteiger partial charge in [-0.2, -0.15) is 5.26 Å². The molecule has 1 aliphatic carbocycles. The summed E-state index contributed by atoms with van der Waals surface area (Å²) in [7, 11) is 0. The van der Waals surface area contributed by atoms with Gasteiger partial charge in [0.15, 0.2) is 0 Å². The summed E-state index contributed by atoms with van der Waals surface area (Å²) < 4.78 is 16.4. The average molecular weight is 618 g/mol. The number of ether oxygens (including phenoxy) is 2. The van der Waals surface area contributed by atoms with Crippen molar-refractivity contribution in [3.63, 3.8) is 0 Å². The number of fused-ring (bicyclic) bond motifs is 1. The number of dihydropyridines is 1. The van der Waals surface area contributed by atoms with Crippen LogP contribution in [0.15, 0.2) is 69.3 Å². The van der Waals surface area contributed by atoms with Crippen LogP contribution in [0.1, 0.15) is 64.7 Å². The van der Waals surface area contributed by atoms with Gasteiger partial charge in [0, 0.05) is 4.88 Å². The predicted molar refractivity (Wildman–Crippen MR) is 165 cm³/mol. The molecule has 222 valence electrons. The molecule has 1 aromatic carbocycles. The summed E-state index contributed by atoms with van der Waals surface area (Å²) in [6.45, 7) is 3.87. The number of thiophene rings is 1. The zero-order valence-corrected chi connectivity index (χ0v) is 25.5. The Labute approximate surface area is 257 Å². The number of allylic oxidation sites excluding steroid dienone is 1. The van der Waals surface area contributed by atoms with E-state index in [-0.39, 0.29) is 36.0 Å². The van der Waals surface area contributed by atoms with Crippen LogP contribution >= 0.6 is 23.1 Å². The molecule has 43 heavy (non-hydrogen) atoms. The van der Waals surface area contributed by atoms with E-state index in [1.165, 1.54) is 17.6 Å². The lowest BCUT2D eigenvalue weighted by atomic mass is 9.84. The van der Waals surface area contributed by atoms with Crippen LogP contribution in [0.5, 0.6) is 0 Å². The summed E-state index contributed by atoms with van der Waals surface area (Å²) in [5.74, 6) is -1.84. The fourth-order valence-corrected chi connectivity index (χ4v) is 7.41. The molecule has 11 heteroatoms. The molecule has 2 N–H and O–H groups in total. The van der Waals surface area contributed by atoms with Crippen molar-refractivity contribution >= 4 is 51.6 Å². The Kier molecular flexibility index (Phi) is 9.69. The van der Waals surface area contributed by atoms with Gasteiger partial charge in [0.2, 0.25) is 5.91 Å². The van der Waals surface area contributed by atoms with E-state index >= 15 is 0 Å². The van der Waals surface area contributed by atoms with Crippen molar-refractivity contribution in [3.8, 4) is 6.07 Å². The van der Waals surface area contributed by atoms with E-state index < -0.39 is 17.9 Å². The minimum atomic E-state index is -0.847. The van der Waals surface area contributed by atoms with E-state index in [9.17, 15) is 19.6 Å². The maximum atomic E-state index is 13.3. The quantitative estimate of drug-likeness (QED) is 0.257. The number of thioether (sulfide) groups is 1. The number of benzene rings is 1. The Morgan fingerprint density at radius 3 is 2.51 bits per heavy atom. The van der Waals surface area contributed by atoms with Crippen LogP contribution < -0.4 is 10.6 Å². The molecule has 9 nitrogen and oxygen atoms in total. The molecule has 2 aromatic heterocycles. The number of esters is 2. The molecule has 1 aliphatic heterocycles. The molecule has 1 amide bonds. The lowest BCUT2D eigenvalue weighted by molar-refractivity contribution is -0.138. The molecule has 1 atom stereocenters. The number of nitrogens with one attached hydrogen (secondary N) is 2. The van der Waals surface area contributed by atoms with Gasteiger partial charge in [0.1, 0.15) is 10.8 Å². The highest BCUT2D eigenvalue weighted by atomic mass is 32.2. The second-order valence-corrected chi connectivity index (χ2v) is 11.9. The molecular weight excluding hydrogens is 587 g/mol. The van der Waals surface area contributed by atoms with Crippen molar-refractivity contribution in [1.29, 1.82) is 5.26 Å². The number of aryl methyl sites for hydroxylation is 1. The molecule has 2 aliphatic rings. The summed E-state index contributed by atoms with van der Waals surface area (Å²) in [4.78, 5) is 40.6. The van der Waals surface area contributed by atoms with Gasteiger partial charge in [0.25, 0.3) is 0 Å². The third-order valence-corrected chi connectivity index (χ3v) is 9.31. The van der Waals surface area contributed by atoms with Crippen molar-refractivity contribution < 1.29 is 28.3 Å². The summed E-state index contributed by atoms with van der Waals surface area (Å²) >= 11 is 2.56. The molecule has 0 saturated heterocycles. The molecule has 0 unspecified atom stereocenters. The largest absolute Gasteiger partial charge is 0.468 e. The second-order valence-electron chi connectivity index (χ2n) is 9.78.